The number of unbranched alkanes of at least 4 members (excludes halogenated alkanes) is 46. The summed E-state index contributed by atoms with van der Waals surface area (Å²) >= 11 is 0. The van der Waals surface area contributed by atoms with Crippen LogP contribution in [0.3, 0.4) is 0 Å². The zero-order valence-electron chi connectivity index (χ0n) is 67.6. The van der Waals surface area contributed by atoms with Crippen LogP contribution in [-0.4, -0.2) is 106 Å². The highest BCUT2D eigenvalue weighted by Crippen LogP contribution is 2.44. The van der Waals surface area contributed by atoms with Crippen LogP contribution >= 0.6 is 15.6 Å². The first-order valence-corrected chi connectivity index (χ1v) is 46.7. The maximum atomic E-state index is 13.3. The first-order valence-electron chi connectivity index (χ1n) is 43.7. The predicted molar refractivity (Wildman–Crippen MR) is 428 cm³/mol. The minimum atomic E-state index is -4.62. The summed E-state index contributed by atoms with van der Waals surface area (Å²) in [6.07, 6.45) is 72.1. The van der Waals surface area contributed by atoms with E-state index >= 15 is 0 Å². The third-order valence-corrected chi connectivity index (χ3v) is 22.2. The van der Waals surface area contributed by atoms with Gasteiger partial charge in [0.05, 0.1) is 51.7 Å². The van der Waals surface area contributed by atoms with Gasteiger partial charge in [0.25, 0.3) is 0 Å². The summed E-state index contributed by atoms with van der Waals surface area (Å²) in [5.41, 5.74) is 0. The van der Waals surface area contributed by atoms with Crippen molar-refractivity contribution in [1.82, 2.24) is 21.3 Å². The van der Waals surface area contributed by atoms with E-state index in [0.29, 0.717) is 37.9 Å². The minimum Gasteiger partial charge on any atom is -0.379 e. The molecule has 0 rings (SSSR count). The van der Waals surface area contributed by atoms with Gasteiger partial charge in [-0.15, -0.1) is 0 Å². The Bertz CT molecular complexity index is 1770. The molecule has 19 heteroatoms. The van der Waals surface area contributed by atoms with Gasteiger partial charge in [-0.1, -0.05) is 388 Å². The summed E-state index contributed by atoms with van der Waals surface area (Å²) < 4.78 is 60.2. The molecule has 17 nitrogen and oxygen atoms in total. The van der Waals surface area contributed by atoms with E-state index in [4.69, 9.17) is 27.6 Å². The van der Waals surface area contributed by atoms with Crippen LogP contribution in [0, 0.1) is 11.8 Å². The Hall–Kier alpha value is -1.65. The van der Waals surface area contributed by atoms with E-state index in [1.54, 1.807) is 0 Å². The third kappa shape index (κ3) is 73.8. The quantitative estimate of drug-likeness (QED) is 0.0246. The van der Waals surface area contributed by atoms with Gasteiger partial charge in [0.2, 0.25) is 11.8 Å². The number of nitrogens with one attached hydrogen (secondary N) is 4. The summed E-state index contributed by atoms with van der Waals surface area (Å²) in [5.74, 6) is 0.836. The van der Waals surface area contributed by atoms with E-state index in [2.05, 4.69) is 62.8 Å². The van der Waals surface area contributed by atoms with Crippen molar-refractivity contribution in [1.29, 1.82) is 0 Å². The number of hydrogen-bond acceptors (Lipinski definition) is 11. The Balaban J connectivity index is 5.45. The van der Waals surface area contributed by atoms with Crippen molar-refractivity contribution < 1.29 is 60.9 Å². The molecule has 0 spiro atoms. The average Bonchev–Trinajstić information content (AvgIpc) is 0.931. The molecule has 0 aliphatic rings. The molecule has 0 aliphatic heterocycles. The number of urea groups is 1. The number of rotatable bonds is 84. The van der Waals surface area contributed by atoms with Crippen molar-refractivity contribution in [3.05, 3.63) is 0 Å². The monoisotopic (exact) mass is 1490 g/mol. The lowest BCUT2D eigenvalue weighted by Crippen LogP contribution is -2.41. The number of carbonyl (C=O) groups excluding carboxylic acids is 3. The van der Waals surface area contributed by atoms with Gasteiger partial charge in [0, 0.05) is 39.1 Å². The lowest BCUT2D eigenvalue weighted by atomic mass is 9.91. The average molecular weight is 1490 g/mol. The zero-order chi connectivity index (χ0) is 74.6. The molecule has 2 unspecified atom stereocenters. The number of hydrogen-bond donors (Lipinski definition) is 6. The smallest absolute Gasteiger partial charge is 0.379 e. The minimum absolute atomic E-state index is 0.126. The molecule has 0 aromatic rings. The molecule has 6 N–H and O–H groups in total. The van der Waals surface area contributed by atoms with E-state index in [1.807, 2.05) is 0 Å². The normalized spacial score (nSPS) is 14.1. The first kappa shape index (κ1) is 100. The highest BCUT2D eigenvalue weighted by Gasteiger charge is 2.27. The molecule has 0 aliphatic carbocycles. The van der Waals surface area contributed by atoms with Crippen molar-refractivity contribution in [2.75, 3.05) is 65.9 Å². The van der Waals surface area contributed by atoms with Crippen LogP contribution < -0.4 is 21.3 Å². The van der Waals surface area contributed by atoms with Gasteiger partial charge in [0.1, 0.15) is 0 Å². The lowest BCUT2D eigenvalue weighted by Gasteiger charge is -2.22. The second-order valence-corrected chi connectivity index (χ2v) is 33.2. The second-order valence-electron chi connectivity index (χ2n) is 30.3. The Morgan fingerprint density at radius 1 is 0.284 bits per heavy atom. The molecule has 608 valence electrons. The molecule has 0 saturated carbocycles. The van der Waals surface area contributed by atoms with Gasteiger partial charge >= 0.3 is 21.7 Å². The number of phosphoric ester groups is 2. The van der Waals surface area contributed by atoms with Crippen LogP contribution in [0.5, 0.6) is 0 Å². The maximum absolute atomic E-state index is 13.3. The van der Waals surface area contributed by atoms with E-state index in [-0.39, 0.29) is 64.5 Å². The fourth-order valence-corrected chi connectivity index (χ4v) is 15.2. The first-order chi connectivity index (χ1) is 49.7. The third-order valence-electron chi connectivity index (χ3n) is 20.2. The van der Waals surface area contributed by atoms with Crippen LogP contribution in [0.2, 0.25) is 0 Å². The number of ether oxygens (including phenoxy) is 2. The number of amides is 4. The van der Waals surface area contributed by atoms with E-state index < -0.39 is 33.8 Å². The van der Waals surface area contributed by atoms with Gasteiger partial charge in [-0.25, -0.2) is 13.9 Å². The zero-order valence-corrected chi connectivity index (χ0v) is 69.4. The molecule has 0 fully saturated rings. The molecular formula is C83H168N4O13P2. The molecule has 0 aromatic heterocycles. The van der Waals surface area contributed by atoms with Gasteiger partial charge in [-0.05, 0) is 37.5 Å². The van der Waals surface area contributed by atoms with E-state index in [0.717, 1.165) is 51.4 Å². The van der Waals surface area contributed by atoms with Crippen molar-refractivity contribution in [3.8, 4) is 0 Å². The largest absolute Gasteiger partial charge is 0.472 e. The summed E-state index contributed by atoms with van der Waals surface area (Å²) in [5, 5.41) is 11.1. The van der Waals surface area contributed by atoms with Crippen molar-refractivity contribution in [3.63, 3.8) is 0 Å². The Morgan fingerprint density at radius 2 is 0.510 bits per heavy atom. The summed E-state index contributed by atoms with van der Waals surface area (Å²) in [4.78, 5) is 60.8. The van der Waals surface area contributed by atoms with Gasteiger partial charge in [-0.3, -0.25) is 27.7 Å². The molecule has 0 saturated heterocycles. The standard InChI is InChI=1S/C83H168N4O13P2/c1-7-13-19-25-29-33-37-41-45-51-57-63-81(88)86-79(73-95-69-65-77(59-53-47-23-17-11-5)61-55-49-43-39-35-31-27-21-15-9-3)75-99-101(91,92)97-71-67-84-83(90)85-68-72-98-102(93,94)100-76-80(87-82(89)64-58-52-46-42-38-34-30-26-20-14-8-2)74-96-70-66-78(60-54-48-24-18-12-6)62-56-50-44-40-36-32-28-22-16-10-4/h77-80H,7-76H2,1-6H3,(H,86,88)(H,87,89)(H,91,92)(H,93,94)(H2,84,85,90)/t77-,78+,79-,80-/m1/s1. The fraction of sp³-hybridized carbons (Fsp3) is 0.964. The second kappa shape index (κ2) is 77.5. The highest BCUT2D eigenvalue weighted by molar-refractivity contribution is 7.47. The highest BCUT2D eigenvalue weighted by atomic mass is 31.2. The van der Waals surface area contributed by atoms with Crippen LogP contribution in [0.4, 0.5) is 4.79 Å². The Labute approximate surface area is 629 Å². The molecule has 0 aromatic carbocycles. The van der Waals surface area contributed by atoms with Gasteiger partial charge in [-0.2, -0.15) is 0 Å². The SMILES string of the molecule is CCCCCCCCCCCCCC(=O)N[C@H](COCC[C@H](CCCCCCC)CCCCCCCCCCCC)COP(=O)(O)OCCNC(=O)NCCOP(=O)(O)OC[C@@H](COCC[C@@H](CCCCCCC)CCCCCCCCCCCC)NC(=O)CCCCCCCCCCCCC. The summed E-state index contributed by atoms with van der Waals surface area (Å²) in [6, 6.07) is -2.01. The van der Waals surface area contributed by atoms with Crippen molar-refractivity contribution >= 4 is 33.5 Å². The Kier molecular flexibility index (Phi) is 76.3. The van der Waals surface area contributed by atoms with E-state index in [1.165, 1.54) is 321 Å². The van der Waals surface area contributed by atoms with Crippen molar-refractivity contribution in [2.24, 2.45) is 11.8 Å². The molecule has 0 bridgehead atoms. The fourth-order valence-electron chi connectivity index (χ4n) is 13.6. The van der Waals surface area contributed by atoms with Crippen molar-refractivity contribution in [2.45, 2.75) is 439 Å². The predicted octanol–water partition coefficient (Wildman–Crippen LogP) is 24.3. The summed E-state index contributed by atoms with van der Waals surface area (Å²) in [6.45, 7) is 13.2. The molecule has 0 heterocycles. The van der Waals surface area contributed by atoms with Gasteiger partial charge in [0.15, 0.2) is 0 Å². The maximum Gasteiger partial charge on any atom is 0.472 e. The van der Waals surface area contributed by atoms with Crippen LogP contribution in [-0.2, 0) is 46.3 Å². The molecule has 0 radical (unpaired) electrons. The van der Waals surface area contributed by atoms with Crippen LogP contribution in [0.1, 0.15) is 427 Å². The van der Waals surface area contributed by atoms with Crippen LogP contribution in [0.15, 0.2) is 0 Å². The molecule has 102 heavy (non-hydrogen) atoms. The van der Waals surface area contributed by atoms with E-state index in [9.17, 15) is 33.3 Å². The number of carbonyl (C=O) groups is 3. The lowest BCUT2D eigenvalue weighted by molar-refractivity contribution is -0.123. The topological polar surface area (TPSA) is 229 Å². The molecule has 6 atom stereocenters. The Morgan fingerprint density at radius 3 is 0.755 bits per heavy atom. The summed E-state index contributed by atoms with van der Waals surface area (Å²) in [7, 11) is -9.24. The van der Waals surface area contributed by atoms with Gasteiger partial charge < -0.3 is 40.5 Å². The number of phosphoric acid groups is 2. The molecular weight excluding hydrogens is 1320 g/mol. The molecule has 4 amide bonds. The van der Waals surface area contributed by atoms with Crippen LogP contribution in [0.25, 0.3) is 0 Å².